The summed E-state index contributed by atoms with van der Waals surface area (Å²) >= 11 is 0. The van der Waals surface area contributed by atoms with Crippen LogP contribution in [0.15, 0.2) is 42.5 Å². The normalized spacial score (nSPS) is 14.1. The van der Waals surface area contributed by atoms with Crippen LogP contribution in [-0.4, -0.2) is 48.5 Å². The number of hydrogen-bond acceptors (Lipinski definition) is 5. The lowest BCUT2D eigenvalue weighted by atomic mass is 10.2. The summed E-state index contributed by atoms with van der Waals surface area (Å²) in [6.45, 7) is 4.26. The lowest BCUT2D eigenvalue weighted by Gasteiger charge is -2.36. The summed E-state index contributed by atoms with van der Waals surface area (Å²) in [5.74, 6) is -1.27. The number of rotatable bonds is 5. The van der Waals surface area contributed by atoms with E-state index in [1.54, 1.807) is 4.90 Å². The van der Waals surface area contributed by atoms with Gasteiger partial charge < -0.3 is 14.5 Å². The zero-order valence-electron chi connectivity index (χ0n) is 14.9. The molecule has 8 heteroatoms. The van der Waals surface area contributed by atoms with Gasteiger partial charge in [-0.3, -0.25) is 14.9 Å². The number of hydrogen-bond donors (Lipinski definition) is 0. The van der Waals surface area contributed by atoms with Crippen LogP contribution in [0, 0.1) is 22.9 Å². The van der Waals surface area contributed by atoms with Gasteiger partial charge in [0.1, 0.15) is 0 Å². The second kappa shape index (κ2) is 8.03. The van der Waals surface area contributed by atoms with E-state index in [4.69, 9.17) is 4.74 Å². The van der Waals surface area contributed by atoms with Crippen molar-refractivity contribution < 1.29 is 18.8 Å². The molecule has 1 fully saturated rings. The van der Waals surface area contributed by atoms with E-state index in [0.717, 1.165) is 23.9 Å². The molecule has 0 spiro atoms. The number of non-ortho nitro benzene ring substituents is 1. The minimum atomic E-state index is -0.860. The first kappa shape index (κ1) is 18.6. The van der Waals surface area contributed by atoms with Crippen molar-refractivity contribution in [3.8, 4) is 5.75 Å². The number of piperazine rings is 1. The summed E-state index contributed by atoms with van der Waals surface area (Å²) in [6.07, 6.45) is 0. The van der Waals surface area contributed by atoms with E-state index >= 15 is 0 Å². The molecule has 1 aliphatic rings. The molecule has 0 radical (unpaired) electrons. The number of amides is 1. The summed E-state index contributed by atoms with van der Waals surface area (Å²) in [7, 11) is 0. The summed E-state index contributed by atoms with van der Waals surface area (Å²) in [4.78, 5) is 26.1. The molecule has 0 aliphatic carbocycles. The van der Waals surface area contributed by atoms with E-state index in [2.05, 4.69) is 11.0 Å². The van der Waals surface area contributed by atoms with Gasteiger partial charge in [-0.2, -0.15) is 0 Å². The van der Waals surface area contributed by atoms with Gasteiger partial charge in [0.05, 0.1) is 11.0 Å². The smallest absolute Gasteiger partial charge is 0.272 e. The lowest BCUT2D eigenvalue weighted by molar-refractivity contribution is -0.385. The summed E-state index contributed by atoms with van der Waals surface area (Å²) in [5.41, 5.74) is 1.95. The van der Waals surface area contributed by atoms with Gasteiger partial charge in [0, 0.05) is 37.9 Å². The molecule has 0 N–H and O–H groups in total. The third-order valence-electron chi connectivity index (χ3n) is 4.48. The number of nitro benzene ring substituents is 1. The second-order valence-corrected chi connectivity index (χ2v) is 6.37. The number of anilines is 1. The van der Waals surface area contributed by atoms with Crippen LogP contribution in [0.1, 0.15) is 5.56 Å². The maximum Gasteiger partial charge on any atom is 0.272 e. The molecule has 0 atom stereocenters. The topological polar surface area (TPSA) is 75.9 Å². The van der Waals surface area contributed by atoms with Gasteiger partial charge in [-0.1, -0.05) is 12.1 Å². The Morgan fingerprint density at radius 3 is 2.56 bits per heavy atom. The van der Waals surface area contributed by atoms with E-state index in [9.17, 15) is 19.3 Å². The van der Waals surface area contributed by atoms with Crippen molar-refractivity contribution in [3.05, 3.63) is 64.0 Å². The number of carbonyl (C=O) groups excluding carboxylic acids is 1. The summed E-state index contributed by atoms with van der Waals surface area (Å²) < 4.78 is 19.0. The number of aryl methyl sites for hydroxylation is 1. The van der Waals surface area contributed by atoms with Gasteiger partial charge in [0.15, 0.2) is 18.2 Å². The summed E-state index contributed by atoms with van der Waals surface area (Å²) in [5, 5.41) is 10.6. The zero-order chi connectivity index (χ0) is 19.4. The fourth-order valence-electron chi connectivity index (χ4n) is 2.99. The van der Waals surface area contributed by atoms with E-state index in [-0.39, 0.29) is 24.0 Å². The van der Waals surface area contributed by atoms with E-state index in [1.807, 2.05) is 25.1 Å². The highest BCUT2D eigenvalue weighted by atomic mass is 19.1. The SMILES string of the molecule is Cc1cccc(N2CCN(C(=O)COc3ccc([N+](=O)[O-])cc3F)CC2)c1. The quantitative estimate of drug-likeness (QED) is 0.595. The predicted octanol–water partition coefficient (Wildman–Crippen LogP) is 2.77. The Balaban J connectivity index is 1.52. The van der Waals surface area contributed by atoms with Gasteiger partial charge >= 0.3 is 0 Å². The van der Waals surface area contributed by atoms with Crippen molar-refractivity contribution >= 4 is 17.3 Å². The number of benzene rings is 2. The molecule has 142 valence electrons. The van der Waals surface area contributed by atoms with Crippen molar-refractivity contribution in [1.82, 2.24) is 4.90 Å². The first-order valence-corrected chi connectivity index (χ1v) is 8.60. The second-order valence-electron chi connectivity index (χ2n) is 6.37. The van der Waals surface area contributed by atoms with Crippen molar-refractivity contribution in [2.45, 2.75) is 6.92 Å². The highest BCUT2D eigenvalue weighted by molar-refractivity contribution is 5.78. The Hall–Kier alpha value is -3.16. The maximum atomic E-state index is 13.8. The molecular weight excluding hydrogens is 353 g/mol. The number of ether oxygens (including phenoxy) is 1. The molecule has 1 amide bonds. The molecule has 27 heavy (non-hydrogen) atoms. The third kappa shape index (κ3) is 4.52. The van der Waals surface area contributed by atoms with Crippen LogP contribution in [0.4, 0.5) is 15.8 Å². The van der Waals surface area contributed by atoms with Crippen molar-refractivity contribution in [2.24, 2.45) is 0 Å². The van der Waals surface area contributed by atoms with Crippen molar-refractivity contribution in [3.63, 3.8) is 0 Å². The average Bonchev–Trinajstić information content (AvgIpc) is 2.66. The largest absolute Gasteiger partial charge is 0.481 e. The number of halogens is 1. The van der Waals surface area contributed by atoms with Crippen LogP contribution in [0.3, 0.4) is 0 Å². The van der Waals surface area contributed by atoms with Crippen molar-refractivity contribution in [2.75, 3.05) is 37.7 Å². The van der Waals surface area contributed by atoms with Gasteiger partial charge in [0.2, 0.25) is 0 Å². The molecule has 1 aliphatic heterocycles. The molecule has 0 bridgehead atoms. The Morgan fingerprint density at radius 2 is 1.93 bits per heavy atom. The number of nitrogens with zero attached hydrogens (tertiary/aromatic N) is 3. The first-order chi connectivity index (χ1) is 12.9. The Kier molecular flexibility index (Phi) is 5.54. The van der Waals surface area contributed by atoms with Crippen LogP contribution in [0.2, 0.25) is 0 Å². The highest BCUT2D eigenvalue weighted by Gasteiger charge is 2.22. The van der Waals surface area contributed by atoms with Crippen molar-refractivity contribution in [1.29, 1.82) is 0 Å². The highest BCUT2D eigenvalue weighted by Crippen LogP contribution is 2.23. The van der Waals surface area contributed by atoms with Crippen LogP contribution < -0.4 is 9.64 Å². The van der Waals surface area contributed by atoms with E-state index in [1.165, 1.54) is 5.56 Å². The van der Waals surface area contributed by atoms with E-state index in [0.29, 0.717) is 26.2 Å². The standard InChI is InChI=1S/C19H20FN3O4/c1-14-3-2-4-15(11-14)21-7-9-22(10-8-21)19(24)13-27-18-6-5-16(23(25)26)12-17(18)20/h2-6,11-12H,7-10,13H2,1H3. The molecular formula is C19H20FN3O4. The van der Waals surface area contributed by atoms with Gasteiger partial charge in [-0.15, -0.1) is 0 Å². The Morgan fingerprint density at radius 1 is 1.19 bits per heavy atom. The molecule has 0 saturated carbocycles. The van der Waals surface area contributed by atoms with E-state index < -0.39 is 10.7 Å². The molecule has 2 aromatic rings. The number of nitro groups is 1. The van der Waals surface area contributed by atoms with Gasteiger partial charge in [-0.25, -0.2) is 4.39 Å². The number of carbonyl (C=O) groups is 1. The van der Waals surface area contributed by atoms with Crippen LogP contribution in [0.25, 0.3) is 0 Å². The molecule has 0 unspecified atom stereocenters. The van der Waals surface area contributed by atoms with Crippen LogP contribution in [0.5, 0.6) is 5.75 Å². The summed E-state index contributed by atoms with van der Waals surface area (Å²) in [6, 6.07) is 11.3. The Labute approximate surface area is 156 Å². The molecule has 7 nitrogen and oxygen atoms in total. The fourth-order valence-corrected chi connectivity index (χ4v) is 2.99. The van der Waals surface area contributed by atoms with Crippen LogP contribution in [-0.2, 0) is 4.79 Å². The minimum Gasteiger partial charge on any atom is -0.481 e. The Bertz CT molecular complexity index is 851. The molecule has 0 aromatic heterocycles. The average molecular weight is 373 g/mol. The van der Waals surface area contributed by atoms with Gasteiger partial charge in [0.25, 0.3) is 11.6 Å². The molecule has 2 aromatic carbocycles. The third-order valence-corrected chi connectivity index (χ3v) is 4.48. The maximum absolute atomic E-state index is 13.8. The molecule has 1 heterocycles. The minimum absolute atomic E-state index is 0.174. The first-order valence-electron chi connectivity index (χ1n) is 8.60. The fraction of sp³-hybridized carbons (Fsp3) is 0.316. The predicted molar refractivity (Wildman–Crippen MR) is 98.5 cm³/mol. The monoisotopic (exact) mass is 373 g/mol. The lowest BCUT2D eigenvalue weighted by Crippen LogP contribution is -2.50. The molecule has 3 rings (SSSR count). The molecule has 1 saturated heterocycles. The van der Waals surface area contributed by atoms with Gasteiger partial charge in [-0.05, 0) is 30.7 Å². The van der Waals surface area contributed by atoms with Crippen LogP contribution >= 0.6 is 0 Å². The zero-order valence-corrected chi connectivity index (χ0v) is 14.9.